The van der Waals surface area contributed by atoms with Crippen LogP contribution in [-0.2, 0) is 14.8 Å². The first-order valence-corrected chi connectivity index (χ1v) is 9.23. The van der Waals surface area contributed by atoms with Crippen molar-refractivity contribution in [1.82, 2.24) is 0 Å². The Labute approximate surface area is 152 Å². The van der Waals surface area contributed by atoms with Crippen molar-refractivity contribution >= 4 is 27.9 Å². The standard InChI is InChI=1S/C18H20N2O5S/c1-18(2,3)17(21)25-14-8-10-15(11-9-14)26(23,24)20-16-7-5-4-6-13(16)12-19-22/h4-12,20,22H,1-3H3/b19-12-. The molecule has 138 valence electrons. The minimum Gasteiger partial charge on any atom is -0.426 e. The summed E-state index contributed by atoms with van der Waals surface area (Å²) < 4.78 is 32.7. The molecule has 2 rings (SSSR count). The van der Waals surface area contributed by atoms with Crippen LogP contribution >= 0.6 is 0 Å². The average Bonchev–Trinajstić information content (AvgIpc) is 2.56. The summed E-state index contributed by atoms with van der Waals surface area (Å²) in [5, 5.41) is 11.6. The molecule has 0 spiro atoms. The van der Waals surface area contributed by atoms with Crippen molar-refractivity contribution in [2.75, 3.05) is 4.72 Å². The van der Waals surface area contributed by atoms with Gasteiger partial charge in [-0.05, 0) is 51.1 Å². The molecule has 0 heterocycles. The van der Waals surface area contributed by atoms with Gasteiger partial charge >= 0.3 is 5.97 Å². The van der Waals surface area contributed by atoms with Crippen molar-refractivity contribution in [2.45, 2.75) is 25.7 Å². The molecule has 0 unspecified atom stereocenters. The molecule has 0 saturated carbocycles. The molecule has 0 bridgehead atoms. The predicted octanol–water partition coefficient (Wildman–Crippen LogP) is 3.25. The van der Waals surface area contributed by atoms with Gasteiger partial charge in [0.25, 0.3) is 10.0 Å². The van der Waals surface area contributed by atoms with Gasteiger partial charge < -0.3 is 9.94 Å². The number of oxime groups is 1. The van der Waals surface area contributed by atoms with Gasteiger partial charge in [-0.25, -0.2) is 8.42 Å². The molecule has 0 aromatic heterocycles. The van der Waals surface area contributed by atoms with Crippen LogP contribution in [0.1, 0.15) is 26.3 Å². The Kier molecular flexibility index (Phi) is 5.66. The summed E-state index contributed by atoms with van der Waals surface area (Å²) >= 11 is 0. The van der Waals surface area contributed by atoms with Gasteiger partial charge in [-0.2, -0.15) is 0 Å². The molecule has 0 amide bonds. The molecule has 0 saturated heterocycles. The minimum absolute atomic E-state index is 0.00352. The summed E-state index contributed by atoms with van der Waals surface area (Å²) in [5.74, 6) is -0.153. The second-order valence-corrected chi connectivity index (χ2v) is 8.23. The maximum absolute atomic E-state index is 12.5. The van der Waals surface area contributed by atoms with Gasteiger partial charge in [0, 0.05) is 5.56 Å². The average molecular weight is 376 g/mol. The van der Waals surface area contributed by atoms with Crippen LogP contribution in [0.25, 0.3) is 0 Å². The normalized spacial score (nSPS) is 12.1. The SMILES string of the molecule is CC(C)(C)C(=O)Oc1ccc(S(=O)(=O)Nc2ccccc2/C=N\O)cc1. The quantitative estimate of drug-likeness (QED) is 0.274. The zero-order valence-corrected chi connectivity index (χ0v) is 15.4. The van der Waals surface area contributed by atoms with Gasteiger partial charge in [0.15, 0.2) is 0 Å². The van der Waals surface area contributed by atoms with Crippen LogP contribution in [-0.4, -0.2) is 25.8 Å². The molecule has 0 aliphatic carbocycles. The monoisotopic (exact) mass is 376 g/mol. The number of nitrogens with zero attached hydrogens (tertiary/aromatic N) is 1. The topological polar surface area (TPSA) is 105 Å². The first-order valence-electron chi connectivity index (χ1n) is 7.75. The number of anilines is 1. The van der Waals surface area contributed by atoms with E-state index in [9.17, 15) is 13.2 Å². The van der Waals surface area contributed by atoms with Crippen molar-refractivity contribution in [2.24, 2.45) is 10.6 Å². The molecule has 2 aromatic carbocycles. The van der Waals surface area contributed by atoms with E-state index in [1.165, 1.54) is 24.3 Å². The lowest BCUT2D eigenvalue weighted by atomic mass is 9.97. The van der Waals surface area contributed by atoms with Crippen molar-refractivity contribution in [1.29, 1.82) is 0 Å². The molecule has 7 nitrogen and oxygen atoms in total. The highest BCUT2D eigenvalue weighted by molar-refractivity contribution is 7.92. The van der Waals surface area contributed by atoms with Crippen LogP contribution in [0.5, 0.6) is 5.75 Å². The third-order valence-electron chi connectivity index (χ3n) is 3.36. The van der Waals surface area contributed by atoms with Crippen molar-refractivity contribution in [3.63, 3.8) is 0 Å². The highest BCUT2D eigenvalue weighted by Crippen LogP contribution is 2.23. The smallest absolute Gasteiger partial charge is 0.316 e. The third-order valence-corrected chi connectivity index (χ3v) is 4.74. The molecule has 26 heavy (non-hydrogen) atoms. The molecule has 2 N–H and O–H groups in total. The van der Waals surface area contributed by atoms with Crippen LogP contribution in [0.15, 0.2) is 58.6 Å². The van der Waals surface area contributed by atoms with Crippen LogP contribution in [0.4, 0.5) is 5.69 Å². The Morgan fingerprint density at radius 1 is 1.12 bits per heavy atom. The number of rotatable bonds is 5. The first-order chi connectivity index (χ1) is 12.1. The summed E-state index contributed by atoms with van der Waals surface area (Å²) in [6.07, 6.45) is 1.13. The van der Waals surface area contributed by atoms with Gasteiger partial charge in [-0.3, -0.25) is 9.52 Å². The summed E-state index contributed by atoms with van der Waals surface area (Å²) in [6, 6.07) is 12.0. The predicted molar refractivity (Wildman–Crippen MR) is 98.2 cm³/mol. The zero-order valence-electron chi connectivity index (χ0n) is 14.6. The number of sulfonamides is 1. The van der Waals surface area contributed by atoms with E-state index in [0.29, 0.717) is 5.56 Å². The molecule has 0 radical (unpaired) electrons. The maximum atomic E-state index is 12.5. The van der Waals surface area contributed by atoms with Crippen molar-refractivity contribution in [3.8, 4) is 5.75 Å². The Hall–Kier alpha value is -2.87. The third kappa shape index (κ3) is 4.82. The van der Waals surface area contributed by atoms with Gasteiger partial charge in [-0.1, -0.05) is 23.4 Å². The molecular formula is C18H20N2O5S. The number of hydrogen-bond acceptors (Lipinski definition) is 6. The van der Waals surface area contributed by atoms with E-state index in [-0.39, 0.29) is 16.3 Å². The van der Waals surface area contributed by atoms with Crippen molar-refractivity contribution < 1.29 is 23.2 Å². The number of benzene rings is 2. The fraction of sp³-hybridized carbons (Fsp3) is 0.222. The second-order valence-electron chi connectivity index (χ2n) is 6.55. The fourth-order valence-electron chi connectivity index (χ4n) is 1.92. The minimum atomic E-state index is -3.86. The molecule has 0 fully saturated rings. The number of carbonyl (C=O) groups is 1. The largest absolute Gasteiger partial charge is 0.426 e. The molecule has 8 heteroatoms. The number of nitrogens with one attached hydrogen (secondary N) is 1. The van der Waals surface area contributed by atoms with Gasteiger partial charge in [0.05, 0.1) is 22.2 Å². The lowest BCUT2D eigenvalue weighted by Gasteiger charge is -2.16. The van der Waals surface area contributed by atoms with Crippen LogP contribution in [0.2, 0.25) is 0 Å². The van der Waals surface area contributed by atoms with E-state index in [2.05, 4.69) is 9.88 Å². The Bertz CT molecular complexity index is 913. The van der Waals surface area contributed by atoms with E-state index in [0.717, 1.165) is 6.21 Å². The molecule has 0 atom stereocenters. The maximum Gasteiger partial charge on any atom is 0.316 e. The number of para-hydroxylation sites is 1. The van der Waals surface area contributed by atoms with Crippen LogP contribution in [0, 0.1) is 5.41 Å². The number of ether oxygens (including phenoxy) is 1. The Balaban J connectivity index is 2.21. The number of hydrogen-bond donors (Lipinski definition) is 2. The lowest BCUT2D eigenvalue weighted by Crippen LogP contribution is -2.25. The first kappa shape index (κ1) is 19.5. The van der Waals surface area contributed by atoms with Gasteiger partial charge in [-0.15, -0.1) is 0 Å². The fourth-order valence-corrected chi connectivity index (χ4v) is 3.00. The van der Waals surface area contributed by atoms with E-state index in [1.54, 1.807) is 45.0 Å². The van der Waals surface area contributed by atoms with E-state index >= 15 is 0 Å². The summed E-state index contributed by atoms with van der Waals surface area (Å²) in [4.78, 5) is 11.9. The summed E-state index contributed by atoms with van der Waals surface area (Å²) in [5.41, 5.74) is 0.0208. The van der Waals surface area contributed by atoms with Crippen LogP contribution in [0.3, 0.4) is 0 Å². The molecular weight excluding hydrogens is 356 g/mol. The summed E-state index contributed by atoms with van der Waals surface area (Å²) in [6.45, 7) is 5.18. The Morgan fingerprint density at radius 3 is 2.31 bits per heavy atom. The van der Waals surface area contributed by atoms with Crippen molar-refractivity contribution in [3.05, 3.63) is 54.1 Å². The molecule has 2 aromatic rings. The van der Waals surface area contributed by atoms with Gasteiger partial charge in [0.2, 0.25) is 0 Å². The lowest BCUT2D eigenvalue weighted by molar-refractivity contribution is -0.143. The van der Waals surface area contributed by atoms with Gasteiger partial charge in [0.1, 0.15) is 5.75 Å². The van der Waals surface area contributed by atoms with E-state index in [4.69, 9.17) is 9.94 Å². The van der Waals surface area contributed by atoms with E-state index < -0.39 is 21.4 Å². The number of carbonyl (C=O) groups excluding carboxylic acids is 1. The number of esters is 1. The highest BCUT2D eigenvalue weighted by Gasteiger charge is 2.24. The highest BCUT2D eigenvalue weighted by atomic mass is 32.2. The second kappa shape index (κ2) is 7.57. The molecule has 0 aliphatic heterocycles. The van der Waals surface area contributed by atoms with E-state index in [1.807, 2.05) is 0 Å². The molecule has 0 aliphatic rings. The van der Waals surface area contributed by atoms with Crippen LogP contribution < -0.4 is 9.46 Å². The Morgan fingerprint density at radius 2 is 1.73 bits per heavy atom. The zero-order chi connectivity index (χ0) is 19.4. The summed E-state index contributed by atoms with van der Waals surface area (Å²) in [7, 11) is -3.86.